The van der Waals surface area contributed by atoms with Crippen molar-refractivity contribution in [3.63, 3.8) is 0 Å². The van der Waals surface area contributed by atoms with E-state index in [2.05, 4.69) is 35.3 Å². The van der Waals surface area contributed by atoms with E-state index in [4.69, 9.17) is 4.74 Å². The summed E-state index contributed by atoms with van der Waals surface area (Å²) in [6, 6.07) is 9.00. The van der Waals surface area contributed by atoms with E-state index in [1.807, 2.05) is 6.07 Å². The fourth-order valence-corrected chi connectivity index (χ4v) is 2.70. The van der Waals surface area contributed by atoms with Crippen molar-refractivity contribution in [3.05, 3.63) is 29.8 Å². The fourth-order valence-electron chi connectivity index (χ4n) is 2.70. The van der Waals surface area contributed by atoms with Crippen LogP contribution in [0.1, 0.15) is 18.9 Å². The Hall–Kier alpha value is -1.06. The van der Waals surface area contributed by atoms with Crippen molar-refractivity contribution < 1.29 is 4.74 Å². The molecule has 0 saturated carbocycles. The first-order chi connectivity index (χ1) is 8.85. The first kappa shape index (κ1) is 13.4. The van der Waals surface area contributed by atoms with E-state index in [9.17, 15) is 0 Å². The second-order valence-electron chi connectivity index (χ2n) is 4.86. The second-order valence-corrected chi connectivity index (χ2v) is 4.86. The third-order valence-electron chi connectivity index (χ3n) is 3.79. The van der Waals surface area contributed by atoms with Crippen molar-refractivity contribution in [2.45, 2.75) is 25.8 Å². The van der Waals surface area contributed by atoms with E-state index < -0.39 is 0 Å². The molecule has 1 aliphatic heterocycles. The Morgan fingerprint density at radius 1 is 1.28 bits per heavy atom. The molecule has 18 heavy (non-hydrogen) atoms. The third kappa shape index (κ3) is 3.24. The zero-order valence-corrected chi connectivity index (χ0v) is 11.5. The summed E-state index contributed by atoms with van der Waals surface area (Å²) in [4.78, 5) is 2.60. The predicted octanol–water partition coefficient (Wildman–Crippen LogP) is 1.92. The van der Waals surface area contributed by atoms with Crippen molar-refractivity contribution >= 4 is 0 Å². The molecule has 0 bridgehead atoms. The van der Waals surface area contributed by atoms with Crippen LogP contribution in [0.4, 0.5) is 0 Å². The minimum atomic E-state index is 0.628. The number of nitrogens with zero attached hydrogens (tertiary/aromatic N) is 1. The molecule has 0 amide bonds. The average Bonchev–Trinajstić information content (AvgIpc) is 2.46. The zero-order valence-electron chi connectivity index (χ0n) is 11.5. The van der Waals surface area contributed by atoms with Gasteiger partial charge in [0.25, 0.3) is 0 Å². The van der Waals surface area contributed by atoms with Gasteiger partial charge in [-0.25, -0.2) is 0 Å². The van der Waals surface area contributed by atoms with Gasteiger partial charge in [-0.1, -0.05) is 25.1 Å². The Labute approximate surface area is 110 Å². The van der Waals surface area contributed by atoms with Crippen LogP contribution in [-0.2, 0) is 6.42 Å². The van der Waals surface area contributed by atoms with Crippen LogP contribution in [-0.4, -0.2) is 44.2 Å². The molecule has 0 aliphatic carbocycles. The number of nitrogens with one attached hydrogen (secondary N) is 1. The summed E-state index contributed by atoms with van der Waals surface area (Å²) < 4.78 is 5.45. The lowest BCUT2D eigenvalue weighted by molar-refractivity contribution is 0.167. The monoisotopic (exact) mass is 248 g/mol. The molecular weight excluding hydrogens is 224 g/mol. The van der Waals surface area contributed by atoms with Gasteiger partial charge in [-0.05, 0) is 24.5 Å². The Kier molecular flexibility index (Phi) is 5.02. The molecule has 100 valence electrons. The average molecular weight is 248 g/mol. The second kappa shape index (κ2) is 6.76. The summed E-state index contributed by atoms with van der Waals surface area (Å²) in [5.41, 5.74) is 1.32. The van der Waals surface area contributed by atoms with Gasteiger partial charge in [0.1, 0.15) is 5.75 Å². The molecule has 1 aliphatic rings. The van der Waals surface area contributed by atoms with Gasteiger partial charge >= 0.3 is 0 Å². The SMILES string of the molecule is CCC(Cc1ccccc1OC)N1CCNCC1. The number of rotatable bonds is 5. The molecule has 1 saturated heterocycles. The highest BCUT2D eigenvalue weighted by atomic mass is 16.5. The largest absolute Gasteiger partial charge is 0.496 e. The van der Waals surface area contributed by atoms with E-state index in [1.54, 1.807) is 7.11 Å². The molecule has 1 unspecified atom stereocenters. The molecular formula is C15H24N2O. The lowest BCUT2D eigenvalue weighted by atomic mass is 10.0. The fraction of sp³-hybridized carbons (Fsp3) is 0.600. The van der Waals surface area contributed by atoms with E-state index in [1.165, 1.54) is 12.0 Å². The highest BCUT2D eigenvalue weighted by Crippen LogP contribution is 2.21. The number of hydrogen-bond donors (Lipinski definition) is 1. The minimum absolute atomic E-state index is 0.628. The molecule has 2 rings (SSSR count). The Morgan fingerprint density at radius 2 is 2.00 bits per heavy atom. The number of hydrogen-bond acceptors (Lipinski definition) is 3. The summed E-state index contributed by atoms with van der Waals surface area (Å²) in [7, 11) is 1.75. The van der Waals surface area contributed by atoms with E-state index in [0.717, 1.165) is 38.3 Å². The number of piperazine rings is 1. The molecule has 1 atom stereocenters. The number of para-hydroxylation sites is 1. The van der Waals surface area contributed by atoms with Gasteiger partial charge in [-0.15, -0.1) is 0 Å². The number of ether oxygens (including phenoxy) is 1. The van der Waals surface area contributed by atoms with Gasteiger partial charge in [0.05, 0.1) is 7.11 Å². The maximum Gasteiger partial charge on any atom is 0.122 e. The van der Waals surface area contributed by atoms with Crippen LogP contribution in [0.5, 0.6) is 5.75 Å². The zero-order chi connectivity index (χ0) is 12.8. The number of methoxy groups -OCH3 is 1. The lowest BCUT2D eigenvalue weighted by Gasteiger charge is -2.34. The molecule has 0 radical (unpaired) electrons. The lowest BCUT2D eigenvalue weighted by Crippen LogP contribution is -2.48. The highest BCUT2D eigenvalue weighted by molar-refractivity contribution is 5.33. The first-order valence-electron chi connectivity index (χ1n) is 6.91. The third-order valence-corrected chi connectivity index (χ3v) is 3.79. The maximum absolute atomic E-state index is 5.45. The summed E-state index contributed by atoms with van der Waals surface area (Å²) >= 11 is 0. The van der Waals surface area contributed by atoms with Crippen LogP contribution in [0.3, 0.4) is 0 Å². The molecule has 1 aromatic rings. The molecule has 1 heterocycles. The molecule has 1 aromatic carbocycles. The van der Waals surface area contributed by atoms with Crippen LogP contribution < -0.4 is 10.1 Å². The van der Waals surface area contributed by atoms with E-state index in [-0.39, 0.29) is 0 Å². The van der Waals surface area contributed by atoms with Crippen LogP contribution in [0.25, 0.3) is 0 Å². The minimum Gasteiger partial charge on any atom is -0.496 e. The summed E-state index contributed by atoms with van der Waals surface area (Å²) in [6.07, 6.45) is 2.28. The van der Waals surface area contributed by atoms with Gasteiger partial charge in [0, 0.05) is 32.2 Å². The molecule has 0 spiro atoms. The van der Waals surface area contributed by atoms with Crippen molar-refractivity contribution in [1.29, 1.82) is 0 Å². The summed E-state index contributed by atoms with van der Waals surface area (Å²) in [5, 5.41) is 3.41. The number of benzene rings is 1. The van der Waals surface area contributed by atoms with Crippen molar-refractivity contribution in [1.82, 2.24) is 10.2 Å². The van der Waals surface area contributed by atoms with Crippen molar-refractivity contribution in [2.75, 3.05) is 33.3 Å². The van der Waals surface area contributed by atoms with Gasteiger partial charge in [0.15, 0.2) is 0 Å². The predicted molar refractivity (Wildman–Crippen MR) is 75.2 cm³/mol. The maximum atomic E-state index is 5.45. The standard InChI is InChI=1S/C15H24N2O/c1-3-14(17-10-8-16-9-11-17)12-13-6-4-5-7-15(13)18-2/h4-7,14,16H,3,8-12H2,1-2H3. The van der Waals surface area contributed by atoms with Gasteiger partial charge in [-0.2, -0.15) is 0 Å². The van der Waals surface area contributed by atoms with Crippen LogP contribution in [0.15, 0.2) is 24.3 Å². The Morgan fingerprint density at radius 3 is 2.67 bits per heavy atom. The first-order valence-corrected chi connectivity index (χ1v) is 6.91. The normalized spacial score (nSPS) is 18.6. The van der Waals surface area contributed by atoms with Gasteiger partial charge in [0.2, 0.25) is 0 Å². The van der Waals surface area contributed by atoms with Crippen LogP contribution in [0.2, 0.25) is 0 Å². The molecule has 3 nitrogen and oxygen atoms in total. The molecule has 1 fully saturated rings. The molecule has 1 N–H and O–H groups in total. The van der Waals surface area contributed by atoms with Crippen molar-refractivity contribution in [2.24, 2.45) is 0 Å². The quantitative estimate of drug-likeness (QED) is 0.861. The van der Waals surface area contributed by atoms with Crippen LogP contribution >= 0.6 is 0 Å². The smallest absolute Gasteiger partial charge is 0.122 e. The topological polar surface area (TPSA) is 24.5 Å². The Bertz CT molecular complexity index is 361. The van der Waals surface area contributed by atoms with E-state index in [0.29, 0.717) is 6.04 Å². The van der Waals surface area contributed by atoms with E-state index >= 15 is 0 Å². The molecule has 3 heteroatoms. The van der Waals surface area contributed by atoms with Gasteiger partial charge in [-0.3, -0.25) is 4.90 Å². The molecule has 0 aromatic heterocycles. The van der Waals surface area contributed by atoms with Crippen LogP contribution in [0, 0.1) is 0 Å². The van der Waals surface area contributed by atoms with Crippen molar-refractivity contribution in [3.8, 4) is 5.75 Å². The Balaban J connectivity index is 2.04. The van der Waals surface area contributed by atoms with Gasteiger partial charge < -0.3 is 10.1 Å². The highest BCUT2D eigenvalue weighted by Gasteiger charge is 2.20. The summed E-state index contributed by atoms with van der Waals surface area (Å²) in [5.74, 6) is 1.02. The summed E-state index contributed by atoms with van der Waals surface area (Å²) in [6.45, 7) is 6.83.